The van der Waals surface area contributed by atoms with E-state index in [0.29, 0.717) is 6.61 Å². The Hall–Kier alpha value is -1.59. The molecular formula is C14H21NO5. The average Bonchev–Trinajstić information content (AvgIpc) is 2.97. The van der Waals surface area contributed by atoms with Crippen molar-refractivity contribution < 1.29 is 24.2 Å². The van der Waals surface area contributed by atoms with Crippen LogP contribution in [0.1, 0.15) is 39.0 Å². The molecule has 4 unspecified atom stereocenters. The first kappa shape index (κ1) is 14.8. The quantitative estimate of drug-likeness (QED) is 0.708. The van der Waals surface area contributed by atoms with Crippen molar-refractivity contribution in [1.29, 1.82) is 0 Å². The molecule has 0 saturated heterocycles. The Balaban J connectivity index is 1.84. The molecule has 2 rings (SSSR count). The molecule has 0 aromatic carbocycles. The third-order valence-corrected chi connectivity index (χ3v) is 4.39. The van der Waals surface area contributed by atoms with Gasteiger partial charge in [0.2, 0.25) is 5.91 Å². The Kier molecular flexibility index (Phi) is 4.62. The fourth-order valence-electron chi connectivity index (χ4n) is 3.56. The summed E-state index contributed by atoms with van der Waals surface area (Å²) in [7, 11) is 0. The van der Waals surface area contributed by atoms with Crippen molar-refractivity contribution in [3.05, 3.63) is 0 Å². The summed E-state index contributed by atoms with van der Waals surface area (Å²) in [4.78, 5) is 34.3. The highest BCUT2D eigenvalue weighted by Crippen LogP contribution is 2.48. The van der Waals surface area contributed by atoms with Gasteiger partial charge in [0.05, 0.1) is 18.9 Å². The normalized spacial score (nSPS) is 31.1. The van der Waals surface area contributed by atoms with Crippen molar-refractivity contribution >= 4 is 17.8 Å². The molecule has 4 atom stereocenters. The lowest BCUT2D eigenvalue weighted by molar-refractivity contribution is -0.146. The lowest BCUT2D eigenvalue weighted by Crippen LogP contribution is -2.46. The molecule has 0 aromatic heterocycles. The van der Waals surface area contributed by atoms with E-state index < -0.39 is 17.9 Å². The number of esters is 1. The van der Waals surface area contributed by atoms with Gasteiger partial charge in [0.15, 0.2) is 0 Å². The molecule has 2 aliphatic carbocycles. The maximum Gasteiger partial charge on any atom is 0.308 e. The third kappa shape index (κ3) is 3.11. The van der Waals surface area contributed by atoms with Crippen LogP contribution in [-0.2, 0) is 19.1 Å². The summed E-state index contributed by atoms with van der Waals surface area (Å²) >= 11 is 0. The molecule has 2 aliphatic rings. The van der Waals surface area contributed by atoms with Gasteiger partial charge < -0.3 is 15.2 Å². The van der Waals surface area contributed by atoms with E-state index in [9.17, 15) is 19.5 Å². The number of hydrogen-bond acceptors (Lipinski definition) is 4. The van der Waals surface area contributed by atoms with Crippen LogP contribution in [0.25, 0.3) is 0 Å². The first-order chi connectivity index (χ1) is 9.52. The van der Waals surface area contributed by atoms with Gasteiger partial charge in [-0.05, 0) is 38.0 Å². The number of rotatable bonds is 6. The first-order valence-corrected chi connectivity index (χ1v) is 7.20. The zero-order valence-corrected chi connectivity index (χ0v) is 11.6. The van der Waals surface area contributed by atoms with E-state index in [4.69, 9.17) is 4.74 Å². The second kappa shape index (κ2) is 6.24. The number of amides is 1. The SMILES string of the molecule is CCOC(=O)CCC(=O)NC1C2CCC(C2)C1C(=O)O. The fraction of sp³-hybridized carbons (Fsp3) is 0.786. The van der Waals surface area contributed by atoms with Crippen LogP contribution in [0.2, 0.25) is 0 Å². The van der Waals surface area contributed by atoms with Crippen molar-refractivity contribution in [2.24, 2.45) is 17.8 Å². The standard InChI is InChI=1S/C14H21NO5/c1-2-20-11(17)6-5-10(16)15-13-9-4-3-8(7-9)12(13)14(18)19/h8-9,12-13H,2-7H2,1H3,(H,15,16)(H,18,19). The molecule has 2 saturated carbocycles. The van der Waals surface area contributed by atoms with Crippen LogP contribution >= 0.6 is 0 Å². The van der Waals surface area contributed by atoms with E-state index in [1.54, 1.807) is 6.92 Å². The summed E-state index contributed by atoms with van der Waals surface area (Å²) in [5, 5.41) is 12.1. The molecule has 6 heteroatoms. The van der Waals surface area contributed by atoms with E-state index in [1.165, 1.54) is 0 Å². The van der Waals surface area contributed by atoms with Gasteiger partial charge >= 0.3 is 11.9 Å². The Labute approximate surface area is 117 Å². The first-order valence-electron chi connectivity index (χ1n) is 7.20. The topological polar surface area (TPSA) is 92.7 Å². The number of aliphatic carboxylic acids is 1. The maximum absolute atomic E-state index is 11.8. The van der Waals surface area contributed by atoms with Gasteiger partial charge in [0, 0.05) is 12.5 Å². The number of carboxylic acids is 1. The van der Waals surface area contributed by atoms with Crippen LogP contribution in [-0.4, -0.2) is 35.6 Å². The minimum absolute atomic E-state index is 0.0399. The lowest BCUT2D eigenvalue weighted by atomic mass is 9.84. The zero-order chi connectivity index (χ0) is 14.7. The predicted molar refractivity (Wildman–Crippen MR) is 69.8 cm³/mol. The Morgan fingerprint density at radius 3 is 2.55 bits per heavy atom. The largest absolute Gasteiger partial charge is 0.481 e. The lowest BCUT2D eigenvalue weighted by Gasteiger charge is -2.28. The van der Waals surface area contributed by atoms with E-state index >= 15 is 0 Å². The summed E-state index contributed by atoms with van der Waals surface area (Å²) in [6.45, 7) is 2.01. The number of ether oxygens (including phenoxy) is 1. The van der Waals surface area contributed by atoms with Crippen molar-refractivity contribution in [3.63, 3.8) is 0 Å². The number of carbonyl (C=O) groups excluding carboxylic acids is 2. The number of carboxylic acid groups (broad SMARTS) is 1. The second-order valence-electron chi connectivity index (χ2n) is 5.60. The van der Waals surface area contributed by atoms with Crippen molar-refractivity contribution in [3.8, 4) is 0 Å². The van der Waals surface area contributed by atoms with Gasteiger partial charge in [-0.25, -0.2) is 0 Å². The smallest absolute Gasteiger partial charge is 0.308 e. The Morgan fingerprint density at radius 2 is 1.90 bits per heavy atom. The van der Waals surface area contributed by atoms with E-state index in [0.717, 1.165) is 19.3 Å². The average molecular weight is 283 g/mol. The number of nitrogens with one attached hydrogen (secondary N) is 1. The summed E-state index contributed by atoms with van der Waals surface area (Å²) in [5.41, 5.74) is 0. The van der Waals surface area contributed by atoms with Gasteiger partial charge in [0.25, 0.3) is 0 Å². The van der Waals surface area contributed by atoms with Crippen LogP contribution in [0.3, 0.4) is 0 Å². The minimum Gasteiger partial charge on any atom is -0.481 e. The zero-order valence-electron chi connectivity index (χ0n) is 11.6. The summed E-state index contributed by atoms with van der Waals surface area (Å²) in [6, 6.07) is -0.277. The molecule has 0 aliphatic heterocycles. The van der Waals surface area contributed by atoms with Crippen LogP contribution in [0.15, 0.2) is 0 Å². The highest BCUT2D eigenvalue weighted by molar-refractivity contribution is 5.82. The van der Waals surface area contributed by atoms with Gasteiger partial charge in [-0.2, -0.15) is 0 Å². The van der Waals surface area contributed by atoms with Crippen molar-refractivity contribution in [1.82, 2.24) is 5.32 Å². The Morgan fingerprint density at radius 1 is 1.20 bits per heavy atom. The molecule has 0 spiro atoms. The molecule has 2 fully saturated rings. The molecule has 0 aromatic rings. The van der Waals surface area contributed by atoms with Gasteiger partial charge in [-0.15, -0.1) is 0 Å². The van der Waals surface area contributed by atoms with Crippen LogP contribution in [0, 0.1) is 17.8 Å². The molecule has 0 radical (unpaired) electrons. The molecular weight excluding hydrogens is 262 g/mol. The molecule has 1 amide bonds. The summed E-state index contributed by atoms with van der Waals surface area (Å²) in [6.07, 6.45) is 2.91. The molecule has 0 heterocycles. The highest BCUT2D eigenvalue weighted by Gasteiger charge is 2.51. The molecule has 2 N–H and O–H groups in total. The van der Waals surface area contributed by atoms with Crippen LogP contribution in [0.5, 0.6) is 0 Å². The molecule has 6 nitrogen and oxygen atoms in total. The number of fused-ring (bicyclic) bond motifs is 2. The number of carbonyl (C=O) groups is 3. The van der Waals surface area contributed by atoms with Gasteiger partial charge in [-0.1, -0.05) is 0 Å². The van der Waals surface area contributed by atoms with E-state index in [1.807, 2.05) is 0 Å². The number of hydrogen-bond donors (Lipinski definition) is 2. The van der Waals surface area contributed by atoms with Gasteiger partial charge in [0.1, 0.15) is 0 Å². The molecule has 20 heavy (non-hydrogen) atoms. The fourth-order valence-corrected chi connectivity index (χ4v) is 3.56. The predicted octanol–water partition coefficient (Wildman–Crippen LogP) is 0.945. The van der Waals surface area contributed by atoms with E-state index in [2.05, 4.69) is 5.32 Å². The maximum atomic E-state index is 11.8. The molecule has 2 bridgehead atoms. The third-order valence-electron chi connectivity index (χ3n) is 4.39. The molecule has 112 valence electrons. The van der Waals surface area contributed by atoms with Crippen LogP contribution < -0.4 is 5.32 Å². The van der Waals surface area contributed by atoms with Crippen LogP contribution in [0.4, 0.5) is 0 Å². The Bertz CT molecular complexity index is 408. The monoisotopic (exact) mass is 283 g/mol. The summed E-state index contributed by atoms with van der Waals surface area (Å²) in [5.74, 6) is -1.50. The second-order valence-corrected chi connectivity index (χ2v) is 5.60. The van der Waals surface area contributed by atoms with Crippen molar-refractivity contribution in [2.75, 3.05) is 6.61 Å². The van der Waals surface area contributed by atoms with Gasteiger partial charge in [-0.3, -0.25) is 14.4 Å². The summed E-state index contributed by atoms with van der Waals surface area (Å²) < 4.78 is 4.76. The minimum atomic E-state index is -0.826. The van der Waals surface area contributed by atoms with Crippen molar-refractivity contribution in [2.45, 2.75) is 45.1 Å². The van der Waals surface area contributed by atoms with E-state index in [-0.39, 0.29) is 36.6 Å². The highest BCUT2D eigenvalue weighted by atomic mass is 16.5.